The van der Waals surface area contributed by atoms with Gasteiger partial charge in [0.1, 0.15) is 0 Å². The first-order valence-corrected chi connectivity index (χ1v) is 5.39. The zero-order valence-corrected chi connectivity index (χ0v) is 9.30. The van der Waals surface area contributed by atoms with Gasteiger partial charge >= 0.3 is 6.18 Å². The number of nitriles is 1. The second-order valence-corrected chi connectivity index (χ2v) is 3.98. The number of halogens is 3. The molecule has 1 fully saturated rings. The molecule has 1 unspecified atom stereocenters. The third-order valence-electron chi connectivity index (χ3n) is 2.79. The molecule has 0 aromatic carbocycles. The molecule has 1 aliphatic heterocycles. The number of piperazine rings is 1. The van der Waals surface area contributed by atoms with E-state index >= 15 is 0 Å². The highest BCUT2D eigenvalue weighted by Crippen LogP contribution is 2.18. The van der Waals surface area contributed by atoms with Crippen molar-refractivity contribution in [1.82, 2.24) is 9.80 Å². The van der Waals surface area contributed by atoms with Crippen molar-refractivity contribution in [3.05, 3.63) is 0 Å². The average molecular weight is 235 g/mol. The van der Waals surface area contributed by atoms with E-state index in [9.17, 15) is 13.2 Å². The number of hydrogen-bond donors (Lipinski definition) is 0. The lowest BCUT2D eigenvalue weighted by Gasteiger charge is -2.36. The normalized spacial score (nSPS) is 21.7. The van der Waals surface area contributed by atoms with Crippen LogP contribution in [0.2, 0.25) is 0 Å². The second-order valence-electron chi connectivity index (χ2n) is 3.98. The van der Waals surface area contributed by atoms with E-state index in [2.05, 4.69) is 6.07 Å². The first-order valence-electron chi connectivity index (χ1n) is 5.39. The Morgan fingerprint density at radius 1 is 1.25 bits per heavy atom. The molecule has 1 saturated heterocycles. The molecule has 0 spiro atoms. The molecule has 0 aromatic rings. The van der Waals surface area contributed by atoms with Gasteiger partial charge in [-0.2, -0.15) is 18.4 Å². The number of alkyl halides is 3. The highest BCUT2D eigenvalue weighted by molar-refractivity contribution is 4.92. The van der Waals surface area contributed by atoms with Gasteiger partial charge in [-0.05, 0) is 6.42 Å². The molecular weight excluding hydrogens is 219 g/mol. The number of hydrogen-bond acceptors (Lipinski definition) is 3. The zero-order chi connectivity index (χ0) is 12.2. The minimum absolute atomic E-state index is 0.159. The Balaban J connectivity index is 2.37. The van der Waals surface area contributed by atoms with Crippen molar-refractivity contribution in [3.63, 3.8) is 0 Å². The summed E-state index contributed by atoms with van der Waals surface area (Å²) in [5.74, 6) is 0. The van der Waals surface area contributed by atoms with E-state index in [1.807, 2.05) is 11.8 Å². The third-order valence-corrected chi connectivity index (χ3v) is 2.79. The second kappa shape index (κ2) is 5.51. The molecule has 0 bridgehead atoms. The number of rotatable bonds is 3. The van der Waals surface area contributed by atoms with Crippen molar-refractivity contribution in [3.8, 4) is 6.07 Å². The van der Waals surface area contributed by atoms with E-state index in [0.29, 0.717) is 26.2 Å². The molecule has 3 nitrogen and oxygen atoms in total. The maximum Gasteiger partial charge on any atom is 0.401 e. The lowest BCUT2D eigenvalue weighted by Crippen LogP contribution is -2.51. The molecule has 92 valence electrons. The molecule has 1 aliphatic rings. The molecule has 0 aliphatic carbocycles. The summed E-state index contributed by atoms with van der Waals surface area (Å²) in [6.07, 6.45) is -3.41. The summed E-state index contributed by atoms with van der Waals surface area (Å²) < 4.78 is 36.4. The summed E-state index contributed by atoms with van der Waals surface area (Å²) in [6, 6.07) is 2.01. The summed E-state index contributed by atoms with van der Waals surface area (Å²) in [6.45, 7) is 2.93. The van der Waals surface area contributed by atoms with Crippen molar-refractivity contribution in [1.29, 1.82) is 5.26 Å². The maximum atomic E-state index is 12.1. The van der Waals surface area contributed by atoms with E-state index in [-0.39, 0.29) is 6.04 Å². The molecule has 6 heteroatoms. The van der Waals surface area contributed by atoms with Gasteiger partial charge in [0, 0.05) is 26.2 Å². The third kappa shape index (κ3) is 3.99. The minimum Gasteiger partial charge on any atom is -0.292 e. The first-order chi connectivity index (χ1) is 7.46. The molecule has 0 radical (unpaired) electrons. The smallest absolute Gasteiger partial charge is 0.292 e. The van der Waals surface area contributed by atoms with Crippen LogP contribution in [0.1, 0.15) is 13.3 Å². The van der Waals surface area contributed by atoms with E-state index in [4.69, 9.17) is 5.26 Å². The molecular formula is C10H16F3N3. The number of nitrogens with zero attached hydrogens (tertiary/aromatic N) is 3. The van der Waals surface area contributed by atoms with Crippen molar-refractivity contribution in [2.45, 2.75) is 25.6 Å². The summed E-state index contributed by atoms with van der Waals surface area (Å²) >= 11 is 0. The van der Waals surface area contributed by atoms with E-state index in [0.717, 1.165) is 6.42 Å². The Morgan fingerprint density at radius 2 is 1.81 bits per heavy atom. The lowest BCUT2D eigenvalue weighted by atomic mass is 10.2. The van der Waals surface area contributed by atoms with Gasteiger partial charge in [0.2, 0.25) is 0 Å². The summed E-state index contributed by atoms with van der Waals surface area (Å²) in [4.78, 5) is 3.34. The quantitative estimate of drug-likeness (QED) is 0.742. The van der Waals surface area contributed by atoms with Crippen molar-refractivity contribution >= 4 is 0 Å². The fraction of sp³-hybridized carbons (Fsp3) is 0.900. The Labute approximate surface area is 93.4 Å². The lowest BCUT2D eigenvalue weighted by molar-refractivity contribution is -0.149. The molecule has 1 atom stereocenters. The van der Waals surface area contributed by atoms with Crippen LogP contribution in [0.3, 0.4) is 0 Å². The van der Waals surface area contributed by atoms with Gasteiger partial charge in [0.15, 0.2) is 0 Å². The van der Waals surface area contributed by atoms with Gasteiger partial charge in [-0.15, -0.1) is 0 Å². The van der Waals surface area contributed by atoms with Gasteiger partial charge < -0.3 is 0 Å². The van der Waals surface area contributed by atoms with Crippen LogP contribution < -0.4 is 0 Å². The largest absolute Gasteiger partial charge is 0.401 e. The van der Waals surface area contributed by atoms with Gasteiger partial charge in [-0.3, -0.25) is 9.80 Å². The average Bonchev–Trinajstić information content (AvgIpc) is 2.20. The molecule has 1 heterocycles. The van der Waals surface area contributed by atoms with Crippen molar-refractivity contribution in [2.75, 3.05) is 32.7 Å². The standard InChI is InChI=1S/C10H16F3N3/c1-2-9(7-14)16-5-3-15(4-6-16)8-10(11,12)13/h9H,2-6,8H2,1H3. The molecule has 1 rings (SSSR count). The van der Waals surface area contributed by atoms with Crippen LogP contribution in [0.4, 0.5) is 13.2 Å². The van der Waals surface area contributed by atoms with Crippen LogP contribution in [0, 0.1) is 11.3 Å². The summed E-state index contributed by atoms with van der Waals surface area (Å²) in [7, 11) is 0. The monoisotopic (exact) mass is 235 g/mol. The highest BCUT2D eigenvalue weighted by Gasteiger charge is 2.32. The fourth-order valence-corrected chi connectivity index (χ4v) is 1.92. The topological polar surface area (TPSA) is 30.3 Å². The van der Waals surface area contributed by atoms with Crippen LogP contribution in [0.25, 0.3) is 0 Å². The van der Waals surface area contributed by atoms with E-state index in [1.165, 1.54) is 4.90 Å². The zero-order valence-electron chi connectivity index (χ0n) is 9.30. The molecule has 0 N–H and O–H groups in total. The molecule has 0 amide bonds. The van der Waals surface area contributed by atoms with E-state index in [1.54, 1.807) is 0 Å². The van der Waals surface area contributed by atoms with E-state index < -0.39 is 12.7 Å². The molecule has 0 aromatic heterocycles. The Bertz CT molecular complexity index is 251. The Kier molecular flexibility index (Phi) is 4.56. The summed E-state index contributed by atoms with van der Waals surface area (Å²) in [5, 5.41) is 8.85. The highest BCUT2D eigenvalue weighted by atomic mass is 19.4. The van der Waals surface area contributed by atoms with Crippen molar-refractivity contribution in [2.24, 2.45) is 0 Å². The Morgan fingerprint density at radius 3 is 2.19 bits per heavy atom. The predicted molar refractivity (Wildman–Crippen MR) is 53.8 cm³/mol. The molecule has 0 saturated carbocycles. The predicted octanol–water partition coefficient (Wildman–Crippen LogP) is 1.47. The Hall–Kier alpha value is -0.800. The van der Waals surface area contributed by atoms with Gasteiger partial charge in [-0.25, -0.2) is 0 Å². The fourth-order valence-electron chi connectivity index (χ4n) is 1.92. The van der Waals surface area contributed by atoms with Crippen molar-refractivity contribution < 1.29 is 13.2 Å². The first kappa shape index (κ1) is 13.3. The van der Waals surface area contributed by atoms with Crippen LogP contribution in [-0.2, 0) is 0 Å². The van der Waals surface area contributed by atoms with Gasteiger partial charge in [-0.1, -0.05) is 6.92 Å². The minimum atomic E-state index is -4.12. The van der Waals surface area contributed by atoms with Crippen LogP contribution in [-0.4, -0.2) is 54.7 Å². The maximum absolute atomic E-state index is 12.1. The molecule has 16 heavy (non-hydrogen) atoms. The van der Waals surface area contributed by atoms with Crippen LogP contribution >= 0.6 is 0 Å². The van der Waals surface area contributed by atoms with Gasteiger partial charge in [0.05, 0.1) is 18.7 Å². The van der Waals surface area contributed by atoms with Crippen LogP contribution in [0.15, 0.2) is 0 Å². The summed E-state index contributed by atoms with van der Waals surface area (Å²) in [5.41, 5.74) is 0. The van der Waals surface area contributed by atoms with Gasteiger partial charge in [0.25, 0.3) is 0 Å². The SMILES string of the molecule is CCC(C#N)N1CCN(CC(F)(F)F)CC1. The van der Waals surface area contributed by atoms with Crippen LogP contribution in [0.5, 0.6) is 0 Å².